The van der Waals surface area contributed by atoms with Crippen molar-refractivity contribution in [2.24, 2.45) is 0 Å². The number of ether oxygens (including phenoxy) is 1. The first-order valence-corrected chi connectivity index (χ1v) is 6.34. The summed E-state index contributed by atoms with van der Waals surface area (Å²) in [5.74, 6) is 0.650. The molecular formula is C15H14F3NO2. The lowest BCUT2D eigenvalue weighted by molar-refractivity contribution is -0.138. The van der Waals surface area contributed by atoms with E-state index < -0.39 is 17.3 Å². The quantitative estimate of drug-likeness (QED) is 0.867. The molecule has 0 bridgehead atoms. The molecule has 0 atom stereocenters. The molecule has 2 rings (SSSR count). The second-order valence-electron chi connectivity index (χ2n) is 4.56. The molecule has 21 heavy (non-hydrogen) atoms. The first-order valence-electron chi connectivity index (χ1n) is 6.34. The molecule has 2 aromatic rings. The predicted molar refractivity (Wildman–Crippen MR) is 72.4 cm³/mol. The Labute approximate surface area is 119 Å². The van der Waals surface area contributed by atoms with E-state index in [1.807, 2.05) is 19.1 Å². The predicted octanol–water partition coefficient (Wildman–Crippen LogP) is 3.25. The summed E-state index contributed by atoms with van der Waals surface area (Å²) in [6, 6.07) is 8.99. The van der Waals surface area contributed by atoms with Gasteiger partial charge in [-0.25, -0.2) is 0 Å². The molecule has 0 aliphatic heterocycles. The van der Waals surface area contributed by atoms with Gasteiger partial charge in [-0.1, -0.05) is 18.2 Å². The maximum Gasteiger partial charge on any atom is 0.417 e. The van der Waals surface area contributed by atoms with Gasteiger partial charge in [-0.3, -0.25) is 4.79 Å². The van der Waals surface area contributed by atoms with E-state index in [0.717, 1.165) is 28.5 Å². The van der Waals surface area contributed by atoms with Crippen molar-refractivity contribution in [1.82, 2.24) is 4.57 Å². The Morgan fingerprint density at radius 3 is 2.52 bits per heavy atom. The SMILES string of the molecule is Cc1ccccc1OCCn1cc(C(F)(F)F)ccc1=O. The van der Waals surface area contributed by atoms with E-state index in [-0.39, 0.29) is 13.2 Å². The highest BCUT2D eigenvalue weighted by Gasteiger charge is 2.30. The van der Waals surface area contributed by atoms with Crippen molar-refractivity contribution in [3.05, 3.63) is 64.1 Å². The highest BCUT2D eigenvalue weighted by molar-refractivity contribution is 5.31. The Kier molecular flexibility index (Phi) is 4.35. The molecule has 0 aliphatic rings. The summed E-state index contributed by atoms with van der Waals surface area (Å²) in [6.07, 6.45) is -3.66. The minimum atomic E-state index is -4.47. The van der Waals surface area contributed by atoms with Gasteiger partial charge < -0.3 is 9.30 Å². The van der Waals surface area contributed by atoms with Gasteiger partial charge in [-0.05, 0) is 24.6 Å². The molecule has 0 aliphatic carbocycles. The molecule has 6 heteroatoms. The average molecular weight is 297 g/mol. The highest BCUT2D eigenvalue weighted by atomic mass is 19.4. The van der Waals surface area contributed by atoms with Crippen LogP contribution < -0.4 is 10.3 Å². The van der Waals surface area contributed by atoms with Gasteiger partial charge in [0.05, 0.1) is 12.1 Å². The third-order valence-electron chi connectivity index (χ3n) is 2.99. The third-order valence-corrected chi connectivity index (χ3v) is 2.99. The number of aromatic nitrogens is 1. The topological polar surface area (TPSA) is 31.2 Å². The monoisotopic (exact) mass is 297 g/mol. The molecule has 0 amide bonds. The highest BCUT2D eigenvalue weighted by Crippen LogP contribution is 2.28. The fourth-order valence-corrected chi connectivity index (χ4v) is 1.85. The van der Waals surface area contributed by atoms with Gasteiger partial charge in [-0.2, -0.15) is 13.2 Å². The molecule has 0 saturated heterocycles. The van der Waals surface area contributed by atoms with Crippen LogP contribution in [0.3, 0.4) is 0 Å². The van der Waals surface area contributed by atoms with Gasteiger partial charge in [0.1, 0.15) is 12.4 Å². The van der Waals surface area contributed by atoms with Crippen LogP contribution in [-0.2, 0) is 12.7 Å². The lowest BCUT2D eigenvalue weighted by atomic mass is 10.2. The summed E-state index contributed by atoms with van der Waals surface area (Å²) in [5.41, 5.74) is -0.414. The van der Waals surface area contributed by atoms with E-state index in [1.165, 1.54) is 0 Å². The molecule has 0 saturated carbocycles. The Morgan fingerprint density at radius 2 is 1.86 bits per heavy atom. The molecule has 0 spiro atoms. The van der Waals surface area contributed by atoms with Crippen molar-refractivity contribution in [2.75, 3.05) is 6.61 Å². The van der Waals surface area contributed by atoms with Crippen LogP contribution in [-0.4, -0.2) is 11.2 Å². The normalized spacial score (nSPS) is 11.4. The number of para-hydroxylation sites is 1. The number of hydrogen-bond acceptors (Lipinski definition) is 2. The van der Waals surface area contributed by atoms with E-state index in [4.69, 9.17) is 4.74 Å². The van der Waals surface area contributed by atoms with Crippen LogP contribution in [0.25, 0.3) is 0 Å². The summed E-state index contributed by atoms with van der Waals surface area (Å²) in [7, 11) is 0. The standard InChI is InChI=1S/C15H14F3NO2/c1-11-4-2-3-5-13(11)21-9-8-19-10-12(15(16,17)18)6-7-14(19)20/h2-7,10H,8-9H2,1H3. The summed E-state index contributed by atoms with van der Waals surface area (Å²) in [6.45, 7) is 2.04. The van der Waals surface area contributed by atoms with E-state index in [0.29, 0.717) is 5.75 Å². The second-order valence-corrected chi connectivity index (χ2v) is 4.56. The van der Waals surface area contributed by atoms with Crippen molar-refractivity contribution in [1.29, 1.82) is 0 Å². The Hall–Kier alpha value is -2.24. The number of pyridine rings is 1. The molecule has 1 aromatic heterocycles. The van der Waals surface area contributed by atoms with Crippen LogP contribution in [0.15, 0.2) is 47.4 Å². The Bertz CT molecular complexity index is 677. The maximum absolute atomic E-state index is 12.6. The van der Waals surface area contributed by atoms with Crippen molar-refractivity contribution in [3.63, 3.8) is 0 Å². The Balaban J connectivity index is 2.07. The van der Waals surface area contributed by atoms with Crippen LogP contribution in [0, 0.1) is 6.92 Å². The molecule has 112 valence electrons. The van der Waals surface area contributed by atoms with E-state index in [2.05, 4.69) is 0 Å². The van der Waals surface area contributed by atoms with Crippen LogP contribution in [0.1, 0.15) is 11.1 Å². The van der Waals surface area contributed by atoms with Crippen LogP contribution in [0.5, 0.6) is 5.75 Å². The van der Waals surface area contributed by atoms with Crippen molar-refractivity contribution in [3.8, 4) is 5.75 Å². The number of rotatable bonds is 4. The van der Waals surface area contributed by atoms with Gasteiger partial charge in [0.15, 0.2) is 0 Å². The second kappa shape index (κ2) is 6.03. The first kappa shape index (κ1) is 15.2. The molecule has 0 unspecified atom stereocenters. The third kappa shape index (κ3) is 3.87. The lowest BCUT2D eigenvalue weighted by Gasteiger charge is -2.12. The van der Waals surface area contributed by atoms with Crippen LogP contribution in [0.2, 0.25) is 0 Å². The number of nitrogens with zero attached hydrogens (tertiary/aromatic N) is 1. The first-order chi connectivity index (χ1) is 9.88. The summed E-state index contributed by atoms with van der Waals surface area (Å²) < 4.78 is 44.3. The van der Waals surface area contributed by atoms with Gasteiger partial charge >= 0.3 is 6.18 Å². The van der Waals surface area contributed by atoms with Crippen LogP contribution in [0.4, 0.5) is 13.2 Å². The zero-order chi connectivity index (χ0) is 15.5. The number of aryl methyl sites for hydroxylation is 1. The average Bonchev–Trinajstić information content (AvgIpc) is 2.41. The van der Waals surface area contributed by atoms with E-state index in [1.54, 1.807) is 12.1 Å². The van der Waals surface area contributed by atoms with E-state index in [9.17, 15) is 18.0 Å². The van der Waals surface area contributed by atoms with Gasteiger partial charge in [-0.15, -0.1) is 0 Å². The van der Waals surface area contributed by atoms with Crippen LogP contribution >= 0.6 is 0 Å². The Morgan fingerprint density at radius 1 is 1.14 bits per heavy atom. The van der Waals surface area contributed by atoms with Gasteiger partial charge in [0.25, 0.3) is 5.56 Å². The van der Waals surface area contributed by atoms with Crippen molar-refractivity contribution in [2.45, 2.75) is 19.6 Å². The minimum absolute atomic E-state index is 0.0527. The molecule has 3 nitrogen and oxygen atoms in total. The summed E-state index contributed by atoms with van der Waals surface area (Å²) in [4.78, 5) is 11.5. The smallest absolute Gasteiger partial charge is 0.417 e. The van der Waals surface area contributed by atoms with Crippen molar-refractivity contribution >= 4 is 0 Å². The molecule has 0 N–H and O–H groups in total. The molecule has 1 aromatic carbocycles. The van der Waals surface area contributed by atoms with E-state index >= 15 is 0 Å². The number of benzene rings is 1. The lowest BCUT2D eigenvalue weighted by Crippen LogP contribution is -2.24. The summed E-state index contributed by atoms with van der Waals surface area (Å²) in [5, 5.41) is 0. The van der Waals surface area contributed by atoms with Crippen molar-refractivity contribution < 1.29 is 17.9 Å². The molecule has 0 radical (unpaired) electrons. The number of halogens is 3. The number of alkyl halides is 3. The fraction of sp³-hybridized carbons (Fsp3) is 0.267. The molecule has 1 heterocycles. The fourth-order valence-electron chi connectivity index (χ4n) is 1.85. The summed E-state index contributed by atoms with van der Waals surface area (Å²) >= 11 is 0. The largest absolute Gasteiger partial charge is 0.491 e. The minimum Gasteiger partial charge on any atom is -0.491 e. The maximum atomic E-state index is 12.6. The molecular weight excluding hydrogens is 283 g/mol. The van der Waals surface area contributed by atoms with Gasteiger partial charge in [0.2, 0.25) is 0 Å². The molecule has 0 fully saturated rings. The number of hydrogen-bond donors (Lipinski definition) is 0. The zero-order valence-electron chi connectivity index (χ0n) is 11.4. The zero-order valence-corrected chi connectivity index (χ0v) is 11.4. The van der Waals surface area contributed by atoms with Gasteiger partial charge in [0, 0.05) is 12.3 Å².